The second-order valence-electron chi connectivity index (χ2n) is 7.84. The lowest BCUT2D eigenvalue weighted by Crippen LogP contribution is -2.40. The number of ether oxygens (including phenoxy) is 1. The molecule has 152 valence electrons. The van der Waals surface area contributed by atoms with Gasteiger partial charge in [0.2, 0.25) is 10.0 Å². The summed E-state index contributed by atoms with van der Waals surface area (Å²) in [4.78, 5) is 14.6. The second kappa shape index (κ2) is 8.32. The lowest BCUT2D eigenvalue weighted by molar-refractivity contribution is 0.0784. The number of aryl methyl sites for hydroxylation is 1. The van der Waals surface area contributed by atoms with E-state index in [4.69, 9.17) is 4.74 Å². The highest BCUT2D eigenvalue weighted by Crippen LogP contribution is 2.20. The second-order valence-corrected chi connectivity index (χ2v) is 9.52. The van der Waals surface area contributed by atoms with Crippen LogP contribution >= 0.6 is 0 Å². The van der Waals surface area contributed by atoms with Crippen LogP contribution in [0.2, 0.25) is 0 Å². The third-order valence-electron chi connectivity index (χ3n) is 4.12. The number of nitrogens with zero attached hydrogens (tertiary/aromatic N) is 1. The highest BCUT2D eigenvalue weighted by Gasteiger charge is 2.24. The Labute approximate surface area is 167 Å². The molecule has 0 spiro atoms. The van der Waals surface area contributed by atoms with Crippen LogP contribution in [0.15, 0.2) is 47.4 Å². The Morgan fingerprint density at radius 2 is 1.71 bits per heavy atom. The smallest absolute Gasteiger partial charge is 0.254 e. The quantitative estimate of drug-likeness (QED) is 0.801. The number of carbonyl (C=O) groups excluding carboxylic acids is 1. The number of sulfonamides is 1. The molecule has 0 aliphatic heterocycles. The number of carbonyl (C=O) groups is 1. The fraction of sp³-hybridized carbons (Fsp3) is 0.381. The van der Waals surface area contributed by atoms with Crippen LogP contribution in [0.5, 0.6) is 5.75 Å². The van der Waals surface area contributed by atoms with Crippen LogP contribution in [0.1, 0.15) is 42.3 Å². The monoisotopic (exact) mass is 404 g/mol. The van der Waals surface area contributed by atoms with E-state index in [1.807, 2.05) is 24.3 Å². The zero-order valence-electron chi connectivity index (χ0n) is 17.2. The third-order valence-corrected chi connectivity index (χ3v) is 5.87. The maximum absolute atomic E-state index is 12.9. The molecule has 0 heterocycles. The Morgan fingerprint density at radius 3 is 2.25 bits per heavy atom. The Kier molecular flexibility index (Phi) is 6.52. The minimum Gasteiger partial charge on any atom is -0.497 e. The SMILES string of the molecule is COc1ccc(CN(C)C(=O)c2cc(S(=O)(=O)NC(C)(C)C)ccc2C)cc1. The summed E-state index contributed by atoms with van der Waals surface area (Å²) in [5.74, 6) is 0.513. The molecule has 7 heteroatoms. The maximum atomic E-state index is 12.9. The van der Waals surface area contributed by atoms with Gasteiger partial charge in [0.05, 0.1) is 12.0 Å². The van der Waals surface area contributed by atoms with Gasteiger partial charge in [0.1, 0.15) is 5.75 Å². The summed E-state index contributed by atoms with van der Waals surface area (Å²) in [5, 5.41) is 0. The number of methoxy groups -OCH3 is 1. The summed E-state index contributed by atoms with van der Waals surface area (Å²) in [6, 6.07) is 12.1. The first-order valence-corrected chi connectivity index (χ1v) is 10.4. The van der Waals surface area contributed by atoms with Gasteiger partial charge in [-0.25, -0.2) is 13.1 Å². The van der Waals surface area contributed by atoms with E-state index in [-0.39, 0.29) is 10.8 Å². The van der Waals surface area contributed by atoms with Gasteiger partial charge in [-0.2, -0.15) is 0 Å². The Morgan fingerprint density at radius 1 is 1.11 bits per heavy atom. The molecular weight excluding hydrogens is 376 g/mol. The molecule has 0 aromatic heterocycles. The first-order valence-electron chi connectivity index (χ1n) is 8.96. The zero-order valence-corrected chi connectivity index (χ0v) is 18.1. The summed E-state index contributed by atoms with van der Waals surface area (Å²) in [6.07, 6.45) is 0. The molecular formula is C21H28N2O4S. The van der Waals surface area contributed by atoms with Gasteiger partial charge in [0, 0.05) is 24.7 Å². The van der Waals surface area contributed by atoms with Crippen LogP contribution in [-0.2, 0) is 16.6 Å². The van der Waals surface area contributed by atoms with E-state index >= 15 is 0 Å². The molecule has 2 rings (SSSR count). The molecule has 0 aliphatic carbocycles. The molecule has 0 unspecified atom stereocenters. The van der Waals surface area contributed by atoms with E-state index in [0.717, 1.165) is 16.9 Å². The molecule has 0 aliphatic rings. The van der Waals surface area contributed by atoms with Crippen molar-refractivity contribution in [3.63, 3.8) is 0 Å². The minimum atomic E-state index is -3.72. The molecule has 0 bridgehead atoms. The van der Waals surface area contributed by atoms with Gasteiger partial charge in [-0.15, -0.1) is 0 Å². The van der Waals surface area contributed by atoms with Crippen molar-refractivity contribution >= 4 is 15.9 Å². The number of nitrogens with one attached hydrogen (secondary N) is 1. The molecule has 0 atom stereocenters. The minimum absolute atomic E-state index is 0.0780. The molecule has 0 saturated heterocycles. The third kappa shape index (κ3) is 5.56. The molecule has 0 fully saturated rings. The number of rotatable bonds is 6. The number of hydrogen-bond donors (Lipinski definition) is 1. The lowest BCUT2D eigenvalue weighted by atomic mass is 10.1. The Bertz CT molecular complexity index is 945. The fourth-order valence-corrected chi connectivity index (χ4v) is 4.19. The van der Waals surface area contributed by atoms with Gasteiger partial charge in [-0.1, -0.05) is 18.2 Å². The number of amides is 1. The first-order chi connectivity index (χ1) is 12.9. The largest absolute Gasteiger partial charge is 0.497 e. The van der Waals surface area contributed by atoms with Crippen molar-refractivity contribution in [1.29, 1.82) is 0 Å². The lowest BCUT2D eigenvalue weighted by Gasteiger charge is -2.22. The van der Waals surface area contributed by atoms with Crippen LogP contribution in [-0.4, -0.2) is 38.9 Å². The van der Waals surface area contributed by atoms with Crippen LogP contribution in [0.25, 0.3) is 0 Å². The Hall–Kier alpha value is -2.38. The predicted molar refractivity (Wildman–Crippen MR) is 110 cm³/mol. The molecule has 28 heavy (non-hydrogen) atoms. The van der Waals surface area contributed by atoms with E-state index in [9.17, 15) is 13.2 Å². The topological polar surface area (TPSA) is 75.7 Å². The van der Waals surface area contributed by atoms with E-state index in [1.54, 1.807) is 52.8 Å². The van der Waals surface area contributed by atoms with Crippen molar-refractivity contribution < 1.29 is 17.9 Å². The normalized spacial score (nSPS) is 11.9. The summed E-state index contributed by atoms with van der Waals surface area (Å²) >= 11 is 0. The van der Waals surface area contributed by atoms with Gasteiger partial charge < -0.3 is 9.64 Å². The zero-order chi connectivity index (χ0) is 21.1. The van der Waals surface area contributed by atoms with Crippen molar-refractivity contribution in [1.82, 2.24) is 9.62 Å². The summed E-state index contributed by atoms with van der Waals surface area (Å²) < 4.78 is 33.0. The summed E-state index contributed by atoms with van der Waals surface area (Å²) in [6.45, 7) is 7.51. The van der Waals surface area contributed by atoms with E-state index in [1.165, 1.54) is 12.1 Å². The van der Waals surface area contributed by atoms with Crippen LogP contribution in [0, 0.1) is 6.92 Å². The predicted octanol–water partition coefficient (Wildman–Crippen LogP) is 3.35. The van der Waals surface area contributed by atoms with Crippen molar-refractivity contribution in [2.45, 2.75) is 44.7 Å². The molecule has 6 nitrogen and oxygen atoms in total. The van der Waals surface area contributed by atoms with Gasteiger partial charge in [-0.3, -0.25) is 4.79 Å². The van der Waals surface area contributed by atoms with Crippen LogP contribution in [0.3, 0.4) is 0 Å². The molecule has 0 radical (unpaired) electrons. The molecule has 1 N–H and O–H groups in total. The molecule has 2 aromatic carbocycles. The van der Waals surface area contributed by atoms with Crippen molar-refractivity contribution in [2.24, 2.45) is 0 Å². The van der Waals surface area contributed by atoms with Gasteiger partial charge in [0.15, 0.2) is 0 Å². The molecule has 2 aromatic rings. The van der Waals surface area contributed by atoms with Crippen LogP contribution in [0.4, 0.5) is 0 Å². The number of hydrogen-bond acceptors (Lipinski definition) is 4. The molecule has 0 saturated carbocycles. The van der Waals surface area contributed by atoms with Gasteiger partial charge in [-0.05, 0) is 63.1 Å². The van der Waals surface area contributed by atoms with Crippen LogP contribution < -0.4 is 9.46 Å². The van der Waals surface area contributed by atoms with E-state index < -0.39 is 15.6 Å². The van der Waals surface area contributed by atoms with Crippen molar-refractivity contribution in [2.75, 3.05) is 14.2 Å². The maximum Gasteiger partial charge on any atom is 0.254 e. The summed E-state index contributed by atoms with van der Waals surface area (Å²) in [5.41, 5.74) is 1.43. The van der Waals surface area contributed by atoms with E-state index in [0.29, 0.717) is 12.1 Å². The highest BCUT2D eigenvalue weighted by atomic mass is 32.2. The van der Waals surface area contributed by atoms with E-state index in [2.05, 4.69) is 4.72 Å². The highest BCUT2D eigenvalue weighted by molar-refractivity contribution is 7.89. The van der Waals surface area contributed by atoms with Gasteiger partial charge in [0.25, 0.3) is 5.91 Å². The van der Waals surface area contributed by atoms with Crippen molar-refractivity contribution in [3.8, 4) is 5.75 Å². The fourth-order valence-electron chi connectivity index (χ4n) is 2.74. The average molecular weight is 405 g/mol. The van der Waals surface area contributed by atoms with Gasteiger partial charge >= 0.3 is 0 Å². The summed E-state index contributed by atoms with van der Waals surface area (Å²) in [7, 11) is -0.422. The number of benzene rings is 2. The first kappa shape index (κ1) is 21.9. The standard InChI is InChI=1S/C21H28N2O4S/c1-15-7-12-18(28(25,26)22-21(2,3)4)13-19(15)20(24)23(5)14-16-8-10-17(27-6)11-9-16/h7-13,22H,14H2,1-6H3. The Balaban J connectivity index is 2.26. The van der Waals surface area contributed by atoms with Crippen molar-refractivity contribution in [3.05, 3.63) is 59.2 Å². The molecule has 1 amide bonds. The average Bonchev–Trinajstić information content (AvgIpc) is 2.60.